The van der Waals surface area contributed by atoms with Gasteiger partial charge in [-0.05, 0) is 56.1 Å². The van der Waals surface area contributed by atoms with Crippen molar-refractivity contribution in [2.45, 2.75) is 90.0 Å². The molecule has 188 valence electrons. The Balaban J connectivity index is 0.00000342. The molecule has 1 saturated heterocycles. The Labute approximate surface area is 204 Å². The number of carbonyl (C=O) groups is 3. The number of likely N-dealkylation sites (tertiary alicyclic amines) is 1. The molecule has 2 amide bonds. The van der Waals surface area contributed by atoms with Crippen molar-refractivity contribution in [3.63, 3.8) is 0 Å². The maximum Gasteiger partial charge on any atom is 0.254 e. The molecule has 4 rings (SSSR count). The molecular formula is C28H41FN2O3. The minimum Gasteiger partial charge on any atom is -0.342 e. The second-order valence-corrected chi connectivity index (χ2v) is 10.9. The molecule has 1 N–H and O–H groups in total. The summed E-state index contributed by atoms with van der Waals surface area (Å²) in [5.74, 6) is -0.854. The number of nitrogens with zero attached hydrogens (tertiary/aromatic N) is 1. The molecule has 2 saturated carbocycles. The SMILES string of the molecule is CC(C)C(=O)[C@H](NC(=O)c1cccc(C2CCCN(C(=O)C3CCC3)C2)c1F)C1CCCCC1.[HH]. The standard InChI is InChI=1S/C28H39FN2O3.H2/c1-18(2)26(32)25(19-9-4-3-5-10-19)30-27(33)23-15-7-14-22(24(23)29)21-13-8-16-31(17-21)28(34)20-11-6-12-20;/h7,14-15,18-21,25H,3-6,8-13,16-17H2,1-2H3,(H,30,33);1H/t21?,25-;/m1./s1. The van der Waals surface area contributed by atoms with E-state index in [9.17, 15) is 14.4 Å². The minimum absolute atomic E-state index is 0. The molecule has 1 unspecified atom stereocenters. The smallest absolute Gasteiger partial charge is 0.254 e. The van der Waals surface area contributed by atoms with Crippen LogP contribution < -0.4 is 5.32 Å². The molecule has 1 heterocycles. The van der Waals surface area contributed by atoms with Gasteiger partial charge in [0.2, 0.25) is 5.91 Å². The van der Waals surface area contributed by atoms with Crippen LogP contribution in [0.15, 0.2) is 18.2 Å². The summed E-state index contributed by atoms with van der Waals surface area (Å²) in [4.78, 5) is 40.8. The van der Waals surface area contributed by atoms with Gasteiger partial charge in [0.05, 0.1) is 11.6 Å². The van der Waals surface area contributed by atoms with E-state index in [-0.39, 0.29) is 42.4 Å². The monoisotopic (exact) mass is 472 g/mol. The molecule has 2 atom stereocenters. The lowest BCUT2D eigenvalue weighted by molar-refractivity contribution is -0.139. The zero-order valence-electron chi connectivity index (χ0n) is 20.7. The first kappa shape index (κ1) is 24.9. The molecule has 1 aromatic carbocycles. The van der Waals surface area contributed by atoms with E-state index in [0.717, 1.165) is 70.8 Å². The topological polar surface area (TPSA) is 66.5 Å². The van der Waals surface area contributed by atoms with E-state index in [1.807, 2.05) is 18.7 Å². The highest BCUT2D eigenvalue weighted by molar-refractivity contribution is 5.98. The fraction of sp³-hybridized carbons (Fsp3) is 0.679. The van der Waals surface area contributed by atoms with Gasteiger partial charge in [-0.2, -0.15) is 0 Å². The van der Waals surface area contributed by atoms with Crippen LogP contribution in [0, 0.1) is 23.6 Å². The first-order chi connectivity index (χ1) is 16.4. The number of rotatable bonds is 7. The summed E-state index contributed by atoms with van der Waals surface area (Å²) in [6.07, 6.45) is 9.78. The molecule has 5 nitrogen and oxygen atoms in total. The minimum atomic E-state index is -0.568. The van der Waals surface area contributed by atoms with Crippen LogP contribution in [-0.4, -0.2) is 41.6 Å². The van der Waals surface area contributed by atoms with Gasteiger partial charge in [0, 0.05) is 32.3 Å². The predicted molar refractivity (Wildman–Crippen MR) is 132 cm³/mol. The molecule has 1 aromatic rings. The number of piperidine rings is 1. The van der Waals surface area contributed by atoms with E-state index in [1.165, 1.54) is 6.07 Å². The van der Waals surface area contributed by atoms with E-state index < -0.39 is 17.8 Å². The summed E-state index contributed by atoms with van der Waals surface area (Å²) in [7, 11) is 0. The first-order valence-electron chi connectivity index (χ1n) is 13.3. The number of halogens is 1. The zero-order valence-corrected chi connectivity index (χ0v) is 20.7. The van der Waals surface area contributed by atoms with Gasteiger partial charge < -0.3 is 10.2 Å². The number of amides is 2. The van der Waals surface area contributed by atoms with Crippen molar-refractivity contribution < 1.29 is 20.2 Å². The van der Waals surface area contributed by atoms with E-state index >= 15 is 4.39 Å². The van der Waals surface area contributed by atoms with Crippen molar-refractivity contribution in [3.05, 3.63) is 35.1 Å². The Morgan fingerprint density at radius 1 is 1.00 bits per heavy atom. The molecule has 6 heteroatoms. The molecule has 34 heavy (non-hydrogen) atoms. The number of carbonyl (C=O) groups excluding carboxylic acids is 3. The predicted octanol–water partition coefficient (Wildman–Crippen LogP) is 5.48. The summed E-state index contributed by atoms with van der Waals surface area (Å²) in [6, 6.07) is 4.40. The number of benzene rings is 1. The largest absolute Gasteiger partial charge is 0.342 e. The molecule has 0 spiro atoms. The number of hydrogen-bond donors (Lipinski definition) is 1. The lowest BCUT2D eigenvalue weighted by Crippen LogP contribution is -2.48. The van der Waals surface area contributed by atoms with Crippen LogP contribution in [0.3, 0.4) is 0 Å². The molecule has 2 aliphatic carbocycles. The Morgan fingerprint density at radius 2 is 1.74 bits per heavy atom. The number of ketones is 1. The Bertz CT molecular complexity index is 911. The van der Waals surface area contributed by atoms with Crippen LogP contribution in [-0.2, 0) is 9.59 Å². The molecule has 3 aliphatic rings. The molecule has 0 aromatic heterocycles. The third-order valence-electron chi connectivity index (χ3n) is 8.18. The quantitative estimate of drug-likeness (QED) is 0.571. The van der Waals surface area contributed by atoms with Gasteiger partial charge in [-0.25, -0.2) is 4.39 Å². The second kappa shape index (κ2) is 11.0. The van der Waals surface area contributed by atoms with Gasteiger partial charge in [0.25, 0.3) is 5.91 Å². The highest BCUT2D eigenvalue weighted by atomic mass is 19.1. The fourth-order valence-electron chi connectivity index (χ4n) is 5.85. The van der Waals surface area contributed by atoms with Crippen LogP contribution in [0.2, 0.25) is 0 Å². The Morgan fingerprint density at radius 3 is 2.38 bits per heavy atom. The van der Waals surface area contributed by atoms with E-state index in [1.54, 1.807) is 12.1 Å². The fourth-order valence-corrected chi connectivity index (χ4v) is 5.85. The summed E-state index contributed by atoms with van der Waals surface area (Å²) >= 11 is 0. The average Bonchev–Trinajstić information content (AvgIpc) is 2.81. The van der Waals surface area contributed by atoms with E-state index in [0.29, 0.717) is 12.1 Å². The Hall–Kier alpha value is -2.24. The van der Waals surface area contributed by atoms with Crippen LogP contribution >= 0.6 is 0 Å². The van der Waals surface area contributed by atoms with Crippen molar-refractivity contribution >= 4 is 17.6 Å². The van der Waals surface area contributed by atoms with Gasteiger partial charge >= 0.3 is 0 Å². The van der Waals surface area contributed by atoms with Crippen LogP contribution in [0.5, 0.6) is 0 Å². The third-order valence-corrected chi connectivity index (χ3v) is 8.18. The highest BCUT2D eigenvalue weighted by Gasteiger charge is 2.35. The van der Waals surface area contributed by atoms with Crippen molar-refractivity contribution in [1.29, 1.82) is 0 Å². The third kappa shape index (κ3) is 5.36. The average molecular weight is 473 g/mol. The highest BCUT2D eigenvalue weighted by Crippen LogP contribution is 2.34. The molecule has 0 bridgehead atoms. The van der Waals surface area contributed by atoms with Gasteiger partial charge in [0.1, 0.15) is 5.82 Å². The lowest BCUT2D eigenvalue weighted by atomic mass is 9.80. The van der Waals surface area contributed by atoms with Crippen LogP contribution in [0.25, 0.3) is 0 Å². The van der Waals surface area contributed by atoms with Crippen molar-refractivity contribution in [1.82, 2.24) is 10.2 Å². The van der Waals surface area contributed by atoms with Gasteiger partial charge in [-0.3, -0.25) is 14.4 Å². The van der Waals surface area contributed by atoms with Gasteiger partial charge in [-0.15, -0.1) is 0 Å². The molecule has 0 radical (unpaired) electrons. The maximum atomic E-state index is 15.7. The second-order valence-electron chi connectivity index (χ2n) is 10.9. The normalized spacial score (nSPS) is 22.8. The molecular weight excluding hydrogens is 431 g/mol. The number of hydrogen-bond acceptors (Lipinski definition) is 3. The van der Waals surface area contributed by atoms with Crippen LogP contribution in [0.4, 0.5) is 4.39 Å². The first-order valence-corrected chi connectivity index (χ1v) is 13.3. The zero-order chi connectivity index (χ0) is 24.2. The summed E-state index contributed by atoms with van der Waals surface area (Å²) < 4.78 is 15.7. The Kier molecular flexibility index (Phi) is 8.05. The van der Waals surface area contributed by atoms with Gasteiger partial charge in [-0.1, -0.05) is 51.7 Å². The summed E-state index contributed by atoms with van der Waals surface area (Å²) in [6.45, 7) is 4.94. The summed E-state index contributed by atoms with van der Waals surface area (Å²) in [5.41, 5.74) is 0.500. The number of nitrogens with one attached hydrogen (secondary N) is 1. The number of Topliss-reactive ketones (excluding diaryl/α,β-unsaturated/α-hetero) is 1. The van der Waals surface area contributed by atoms with Crippen molar-refractivity contribution in [2.24, 2.45) is 17.8 Å². The van der Waals surface area contributed by atoms with Crippen molar-refractivity contribution in [3.8, 4) is 0 Å². The maximum absolute atomic E-state index is 15.7. The van der Waals surface area contributed by atoms with Crippen molar-refractivity contribution in [2.75, 3.05) is 13.1 Å². The molecule has 3 fully saturated rings. The van der Waals surface area contributed by atoms with Gasteiger partial charge in [0.15, 0.2) is 5.78 Å². The van der Waals surface area contributed by atoms with E-state index in [4.69, 9.17) is 0 Å². The lowest BCUT2D eigenvalue weighted by Gasteiger charge is -2.37. The molecule has 1 aliphatic heterocycles. The van der Waals surface area contributed by atoms with E-state index in [2.05, 4.69) is 5.32 Å². The summed E-state index contributed by atoms with van der Waals surface area (Å²) in [5, 5.41) is 2.92. The van der Waals surface area contributed by atoms with Crippen LogP contribution in [0.1, 0.15) is 101 Å².